The lowest BCUT2D eigenvalue weighted by Crippen LogP contribution is -2.47. The number of aromatic nitrogens is 1. The highest BCUT2D eigenvalue weighted by Crippen LogP contribution is 2.21. The Hall–Kier alpha value is -2.19. The Morgan fingerprint density at radius 3 is 2.81 bits per heavy atom. The van der Waals surface area contributed by atoms with E-state index in [0.717, 1.165) is 28.1 Å². The molecule has 2 amide bonds. The number of carbonyl (C=O) groups is 2. The summed E-state index contributed by atoms with van der Waals surface area (Å²) >= 11 is 1.57. The number of fused-ring (bicyclic) bond motifs is 1. The predicted molar refractivity (Wildman–Crippen MR) is 99.0 cm³/mol. The molecular weight excluding hydrogens is 354 g/mol. The molecule has 3 rings (SSSR count). The van der Waals surface area contributed by atoms with Gasteiger partial charge in [-0.25, -0.2) is 9.78 Å². The maximum absolute atomic E-state index is 12.0. The number of piperidine rings is 1. The fourth-order valence-corrected chi connectivity index (χ4v) is 3.81. The van der Waals surface area contributed by atoms with E-state index < -0.39 is 0 Å². The van der Waals surface area contributed by atoms with Crippen LogP contribution in [-0.2, 0) is 20.9 Å². The first-order valence-corrected chi connectivity index (χ1v) is 9.60. The first kappa shape index (κ1) is 18.6. The second kappa shape index (κ2) is 8.95. The first-order valence-electron chi connectivity index (χ1n) is 8.79. The zero-order valence-corrected chi connectivity index (χ0v) is 15.6. The molecule has 2 heterocycles. The van der Waals surface area contributed by atoms with Gasteiger partial charge in [0.2, 0.25) is 5.91 Å². The zero-order chi connectivity index (χ0) is 18.4. The van der Waals surface area contributed by atoms with Gasteiger partial charge in [-0.3, -0.25) is 4.79 Å². The topological polar surface area (TPSA) is 80.8 Å². The van der Waals surface area contributed by atoms with Gasteiger partial charge in [0.05, 0.1) is 23.4 Å². The lowest BCUT2D eigenvalue weighted by Gasteiger charge is -2.31. The van der Waals surface area contributed by atoms with Gasteiger partial charge in [0.15, 0.2) is 0 Å². The highest BCUT2D eigenvalue weighted by Gasteiger charge is 2.24. The summed E-state index contributed by atoms with van der Waals surface area (Å²) < 4.78 is 11.6. The Morgan fingerprint density at radius 2 is 2.08 bits per heavy atom. The Morgan fingerprint density at radius 1 is 1.31 bits per heavy atom. The minimum atomic E-state index is -0.281. The van der Waals surface area contributed by atoms with Crippen LogP contribution in [0.3, 0.4) is 0 Å². The fraction of sp³-hybridized carbons (Fsp3) is 0.500. The maximum Gasteiger partial charge on any atom is 0.409 e. The van der Waals surface area contributed by atoms with Gasteiger partial charge in [0.1, 0.15) is 11.6 Å². The van der Waals surface area contributed by atoms with E-state index in [-0.39, 0.29) is 24.6 Å². The number of likely N-dealkylation sites (tertiary alicyclic amines) is 1. The second-order valence-electron chi connectivity index (χ2n) is 6.10. The molecule has 1 aliphatic heterocycles. The van der Waals surface area contributed by atoms with Gasteiger partial charge in [0, 0.05) is 19.1 Å². The average molecular weight is 377 g/mol. The Balaban J connectivity index is 1.36. The van der Waals surface area contributed by atoms with Crippen LogP contribution in [-0.4, -0.2) is 54.2 Å². The molecule has 0 saturated carbocycles. The number of carbonyl (C=O) groups excluding carboxylic acids is 2. The van der Waals surface area contributed by atoms with E-state index in [1.165, 1.54) is 0 Å². The van der Waals surface area contributed by atoms with E-state index >= 15 is 0 Å². The fourth-order valence-electron chi connectivity index (χ4n) is 2.90. The van der Waals surface area contributed by atoms with Crippen molar-refractivity contribution < 1.29 is 19.1 Å². The minimum Gasteiger partial charge on any atom is -0.450 e. The minimum absolute atomic E-state index is 0.00795. The Bertz CT molecular complexity index is 723. The van der Waals surface area contributed by atoms with Gasteiger partial charge in [-0.1, -0.05) is 12.1 Å². The quantitative estimate of drug-likeness (QED) is 0.837. The van der Waals surface area contributed by atoms with Crippen molar-refractivity contribution in [2.24, 2.45) is 0 Å². The molecule has 0 radical (unpaired) electrons. The van der Waals surface area contributed by atoms with Gasteiger partial charge >= 0.3 is 6.09 Å². The Kier molecular flexibility index (Phi) is 6.40. The highest BCUT2D eigenvalue weighted by atomic mass is 32.1. The maximum atomic E-state index is 12.0. The van der Waals surface area contributed by atoms with Crippen LogP contribution >= 0.6 is 11.3 Å². The molecule has 1 N–H and O–H groups in total. The summed E-state index contributed by atoms with van der Waals surface area (Å²) in [6, 6.07) is 7.98. The van der Waals surface area contributed by atoms with Crippen molar-refractivity contribution in [1.82, 2.24) is 15.2 Å². The number of rotatable bonds is 6. The van der Waals surface area contributed by atoms with E-state index in [2.05, 4.69) is 10.3 Å². The van der Waals surface area contributed by atoms with Crippen molar-refractivity contribution in [3.8, 4) is 0 Å². The molecule has 2 aromatic rings. The molecule has 0 unspecified atom stereocenters. The number of nitrogens with zero attached hydrogens (tertiary/aromatic N) is 2. The molecule has 1 aliphatic rings. The van der Waals surface area contributed by atoms with Crippen LogP contribution in [0.2, 0.25) is 0 Å². The first-order chi connectivity index (χ1) is 12.7. The molecule has 1 saturated heterocycles. The molecule has 0 spiro atoms. The second-order valence-corrected chi connectivity index (χ2v) is 7.21. The van der Waals surface area contributed by atoms with Crippen LogP contribution in [0.25, 0.3) is 10.2 Å². The van der Waals surface area contributed by atoms with Gasteiger partial charge in [-0.2, -0.15) is 0 Å². The summed E-state index contributed by atoms with van der Waals surface area (Å²) in [6.45, 7) is 3.69. The van der Waals surface area contributed by atoms with Crippen LogP contribution in [0, 0.1) is 0 Å². The molecule has 8 heteroatoms. The molecule has 0 aliphatic carbocycles. The SMILES string of the molecule is CCOC(=O)N1CCC(NC(=O)COCc2nc3ccccc3s2)CC1. The third-order valence-corrected chi connectivity index (χ3v) is 5.19. The van der Waals surface area contributed by atoms with Crippen molar-refractivity contribution in [1.29, 1.82) is 0 Å². The number of amides is 2. The van der Waals surface area contributed by atoms with E-state index in [1.807, 2.05) is 24.3 Å². The number of hydrogen-bond donors (Lipinski definition) is 1. The number of ether oxygens (including phenoxy) is 2. The molecule has 7 nitrogen and oxygen atoms in total. The van der Waals surface area contributed by atoms with E-state index in [1.54, 1.807) is 23.2 Å². The number of para-hydroxylation sites is 1. The lowest BCUT2D eigenvalue weighted by molar-refractivity contribution is -0.127. The van der Waals surface area contributed by atoms with Crippen LogP contribution in [0.4, 0.5) is 4.79 Å². The summed E-state index contributed by atoms with van der Waals surface area (Å²) in [5, 5.41) is 3.83. The van der Waals surface area contributed by atoms with Crippen LogP contribution in [0.1, 0.15) is 24.8 Å². The number of hydrogen-bond acceptors (Lipinski definition) is 6. The van der Waals surface area contributed by atoms with Gasteiger partial charge in [0.25, 0.3) is 0 Å². The zero-order valence-electron chi connectivity index (χ0n) is 14.8. The van der Waals surface area contributed by atoms with Gasteiger partial charge in [-0.05, 0) is 31.9 Å². The van der Waals surface area contributed by atoms with E-state index in [4.69, 9.17) is 9.47 Å². The number of benzene rings is 1. The molecule has 1 aromatic carbocycles. The third kappa shape index (κ3) is 4.92. The molecule has 1 aromatic heterocycles. The van der Waals surface area contributed by atoms with Crippen LogP contribution in [0.15, 0.2) is 24.3 Å². The summed E-state index contributed by atoms with van der Waals surface area (Å²) in [4.78, 5) is 29.8. The summed E-state index contributed by atoms with van der Waals surface area (Å²) in [5.74, 6) is -0.138. The van der Waals surface area contributed by atoms with Crippen LogP contribution < -0.4 is 5.32 Å². The van der Waals surface area contributed by atoms with Gasteiger partial charge in [-0.15, -0.1) is 11.3 Å². The molecule has 0 atom stereocenters. The van der Waals surface area contributed by atoms with Crippen molar-refractivity contribution >= 4 is 33.6 Å². The monoisotopic (exact) mass is 377 g/mol. The third-order valence-electron chi connectivity index (χ3n) is 4.18. The van der Waals surface area contributed by atoms with Crippen molar-refractivity contribution in [3.63, 3.8) is 0 Å². The van der Waals surface area contributed by atoms with E-state index in [9.17, 15) is 9.59 Å². The van der Waals surface area contributed by atoms with Crippen molar-refractivity contribution in [2.75, 3.05) is 26.3 Å². The standard InChI is InChI=1S/C18H23N3O4S/c1-2-25-18(23)21-9-7-13(8-10-21)19-16(22)11-24-12-17-20-14-5-3-4-6-15(14)26-17/h3-6,13H,2,7-12H2,1H3,(H,19,22). The average Bonchev–Trinajstić information content (AvgIpc) is 3.05. The molecule has 26 heavy (non-hydrogen) atoms. The van der Waals surface area contributed by atoms with Crippen molar-refractivity contribution in [2.45, 2.75) is 32.4 Å². The van der Waals surface area contributed by atoms with Crippen molar-refractivity contribution in [3.05, 3.63) is 29.3 Å². The largest absolute Gasteiger partial charge is 0.450 e. The summed E-state index contributed by atoms with van der Waals surface area (Å²) in [5.41, 5.74) is 0.953. The lowest BCUT2D eigenvalue weighted by atomic mass is 10.1. The normalized spacial score (nSPS) is 15.2. The summed E-state index contributed by atoms with van der Waals surface area (Å²) in [7, 11) is 0. The summed E-state index contributed by atoms with van der Waals surface area (Å²) in [6.07, 6.45) is 1.17. The van der Waals surface area contributed by atoms with Crippen LogP contribution in [0.5, 0.6) is 0 Å². The smallest absolute Gasteiger partial charge is 0.409 e. The highest BCUT2D eigenvalue weighted by molar-refractivity contribution is 7.18. The molecule has 1 fully saturated rings. The molecular formula is C18H23N3O4S. The molecule has 140 valence electrons. The molecule has 0 bridgehead atoms. The number of nitrogens with one attached hydrogen (secondary N) is 1. The predicted octanol–water partition coefficient (Wildman–Crippen LogP) is 2.55. The van der Waals surface area contributed by atoms with Gasteiger partial charge < -0.3 is 19.7 Å². The Labute approximate surface area is 156 Å². The van der Waals surface area contributed by atoms with E-state index in [0.29, 0.717) is 26.3 Å². The number of thiazole rings is 1.